The molecule has 6 nitrogen and oxygen atoms in total. The molecule has 0 heterocycles. The van der Waals surface area contributed by atoms with Gasteiger partial charge in [0.25, 0.3) is 10.0 Å². The first-order valence-corrected chi connectivity index (χ1v) is 11.0. The van der Waals surface area contributed by atoms with E-state index in [-0.39, 0.29) is 16.6 Å². The van der Waals surface area contributed by atoms with Gasteiger partial charge in [-0.2, -0.15) is 0 Å². The van der Waals surface area contributed by atoms with Crippen LogP contribution in [0.25, 0.3) is 6.08 Å². The normalized spacial score (nSPS) is 11.3. The first-order chi connectivity index (χ1) is 14.7. The molecule has 3 rings (SSSR count). The fourth-order valence-electron chi connectivity index (χ4n) is 2.78. The van der Waals surface area contributed by atoms with E-state index in [1.54, 1.807) is 78.9 Å². The highest BCUT2D eigenvalue weighted by Gasteiger charge is 2.14. The van der Waals surface area contributed by atoms with Crippen LogP contribution in [0.1, 0.15) is 28.4 Å². The molecule has 1 amide bonds. The fraction of sp³-hybridized carbons (Fsp3) is 0.0833. The summed E-state index contributed by atoms with van der Waals surface area (Å²) in [6.07, 6.45) is 3.12. The number of hydrogen-bond donors (Lipinski definition) is 2. The van der Waals surface area contributed by atoms with Crippen LogP contribution in [0.3, 0.4) is 0 Å². The fourth-order valence-corrected chi connectivity index (χ4v) is 3.84. The Bertz CT molecular complexity index is 1210. The number of allylic oxidation sites excluding steroid dienone is 1. The van der Waals surface area contributed by atoms with Gasteiger partial charge in [0.1, 0.15) is 0 Å². The van der Waals surface area contributed by atoms with Crippen LogP contribution in [0.4, 0.5) is 11.4 Å². The van der Waals surface area contributed by atoms with E-state index in [2.05, 4.69) is 10.0 Å². The van der Waals surface area contributed by atoms with E-state index in [1.807, 2.05) is 6.92 Å². The van der Waals surface area contributed by atoms with Crippen molar-refractivity contribution in [2.75, 3.05) is 10.0 Å². The van der Waals surface area contributed by atoms with Crippen LogP contribution in [0.5, 0.6) is 0 Å². The van der Waals surface area contributed by atoms with Crippen molar-refractivity contribution >= 4 is 39.2 Å². The van der Waals surface area contributed by atoms with Gasteiger partial charge in [-0.15, -0.1) is 0 Å². The number of hydrogen-bond acceptors (Lipinski definition) is 4. The maximum Gasteiger partial charge on any atom is 0.261 e. The van der Waals surface area contributed by atoms with E-state index >= 15 is 0 Å². The van der Waals surface area contributed by atoms with Gasteiger partial charge in [0, 0.05) is 23.9 Å². The monoisotopic (exact) mass is 434 g/mol. The highest BCUT2D eigenvalue weighted by Crippen LogP contribution is 2.18. The van der Waals surface area contributed by atoms with Crippen molar-refractivity contribution in [2.24, 2.45) is 0 Å². The minimum atomic E-state index is -3.70. The summed E-state index contributed by atoms with van der Waals surface area (Å²) in [5.74, 6) is -0.359. The molecule has 0 aromatic heterocycles. The van der Waals surface area contributed by atoms with Gasteiger partial charge >= 0.3 is 0 Å². The Labute approximate surface area is 181 Å². The smallest absolute Gasteiger partial charge is 0.261 e. The molecule has 0 fully saturated rings. The number of benzene rings is 3. The molecular weight excluding hydrogens is 412 g/mol. The predicted molar refractivity (Wildman–Crippen MR) is 123 cm³/mol. The lowest BCUT2D eigenvalue weighted by Gasteiger charge is -2.08. The molecule has 158 valence electrons. The maximum absolute atomic E-state index is 12.5. The molecule has 0 saturated heterocycles. The maximum atomic E-state index is 12.5. The van der Waals surface area contributed by atoms with E-state index < -0.39 is 10.0 Å². The van der Waals surface area contributed by atoms with E-state index in [0.717, 1.165) is 11.1 Å². The first-order valence-electron chi connectivity index (χ1n) is 9.52. The molecule has 0 aliphatic carbocycles. The lowest BCUT2D eigenvalue weighted by molar-refractivity contribution is -0.114. The molecule has 0 aliphatic rings. The second kappa shape index (κ2) is 9.40. The molecule has 2 N–H and O–H groups in total. The van der Waals surface area contributed by atoms with Gasteiger partial charge in [0.15, 0.2) is 5.78 Å². The van der Waals surface area contributed by atoms with Gasteiger partial charge in [0.05, 0.1) is 4.90 Å². The van der Waals surface area contributed by atoms with Crippen molar-refractivity contribution in [3.8, 4) is 0 Å². The van der Waals surface area contributed by atoms with Gasteiger partial charge in [-0.1, -0.05) is 35.9 Å². The van der Waals surface area contributed by atoms with Crippen LogP contribution >= 0.6 is 0 Å². The predicted octanol–water partition coefficient (Wildman–Crippen LogP) is 4.65. The summed E-state index contributed by atoms with van der Waals surface area (Å²) < 4.78 is 27.4. The minimum absolute atomic E-state index is 0.150. The average molecular weight is 435 g/mol. The number of carbonyl (C=O) groups excluding carboxylic acids is 2. The third-order valence-corrected chi connectivity index (χ3v) is 5.81. The summed E-state index contributed by atoms with van der Waals surface area (Å²) in [6, 6.07) is 19.9. The second-order valence-corrected chi connectivity index (χ2v) is 8.68. The van der Waals surface area contributed by atoms with E-state index in [1.165, 1.54) is 13.0 Å². The minimum Gasteiger partial charge on any atom is -0.326 e. The van der Waals surface area contributed by atoms with Crippen LogP contribution in [-0.2, 0) is 14.8 Å². The Morgan fingerprint density at radius 1 is 0.806 bits per heavy atom. The summed E-state index contributed by atoms with van der Waals surface area (Å²) in [4.78, 5) is 23.6. The standard InChI is InChI=1S/C24H22N2O4S/c1-17-3-14-23(15-4-17)31(29,30)26-22-12-8-20(9-13-22)24(28)16-7-19-5-10-21(11-6-19)25-18(2)27/h3-16,26H,1-2H3,(H,25,27). The van der Waals surface area contributed by atoms with Crippen molar-refractivity contribution in [3.05, 3.63) is 95.6 Å². The lowest BCUT2D eigenvalue weighted by Crippen LogP contribution is -2.13. The Morgan fingerprint density at radius 3 is 1.97 bits per heavy atom. The summed E-state index contributed by atoms with van der Waals surface area (Å²) in [6.45, 7) is 3.32. The van der Waals surface area contributed by atoms with Crippen LogP contribution in [0.15, 0.2) is 83.8 Å². The molecule has 0 unspecified atom stereocenters. The number of sulfonamides is 1. The zero-order chi connectivity index (χ0) is 22.4. The Balaban J connectivity index is 1.65. The number of amides is 1. The van der Waals surface area contributed by atoms with Crippen molar-refractivity contribution < 1.29 is 18.0 Å². The molecule has 0 saturated carbocycles. The molecule has 3 aromatic carbocycles. The van der Waals surface area contributed by atoms with Crippen molar-refractivity contribution in [1.82, 2.24) is 0 Å². The molecule has 0 bridgehead atoms. The van der Waals surface area contributed by atoms with Crippen molar-refractivity contribution in [3.63, 3.8) is 0 Å². The quantitative estimate of drug-likeness (QED) is 0.418. The third kappa shape index (κ3) is 6.13. The number of nitrogens with one attached hydrogen (secondary N) is 2. The Kier molecular flexibility index (Phi) is 6.67. The van der Waals surface area contributed by atoms with Crippen molar-refractivity contribution in [1.29, 1.82) is 0 Å². The average Bonchev–Trinajstić information content (AvgIpc) is 2.73. The van der Waals surface area contributed by atoms with Crippen LogP contribution < -0.4 is 10.0 Å². The molecule has 0 spiro atoms. The van der Waals surface area contributed by atoms with Crippen LogP contribution in [0, 0.1) is 6.92 Å². The molecule has 0 aliphatic heterocycles. The highest BCUT2D eigenvalue weighted by molar-refractivity contribution is 7.92. The van der Waals surface area contributed by atoms with Crippen LogP contribution in [-0.4, -0.2) is 20.1 Å². The Morgan fingerprint density at radius 2 is 1.39 bits per heavy atom. The number of ketones is 1. The van der Waals surface area contributed by atoms with Crippen LogP contribution in [0.2, 0.25) is 0 Å². The molecule has 31 heavy (non-hydrogen) atoms. The molecule has 7 heteroatoms. The number of anilines is 2. The lowest BCUT2D eigenvalue weighted by atomic mass is 10.1. The Hall–Kier alpha value is -3.71. The van der Waals surface area contributed by atoms with Gasteiger partial charge < -0.3 is 5.32 Å². The van der Waals surface area contributed by atoms with E-state index in [0.29, 0.717) is 16.9 Å². The van der Waals surface area contributed by atoms with E-state index in [4.69, 9.17) is 0 Å². The summed E-state index contributed by atoms with van der Waals surface area (Å²) in [5.41, 5.74) is 3.27. The second-order valence-electron chi connectivity index (χ2n) is 7.00. The summed E-state index contributed by atoms with van der Waals surface area (Å²) >= 11 is 0. The largest absolute Gasteiger partial charge is 0.326 e. The SMILES string of the molecule is CC(=O)Nc1ccc(C=CC(=O)c2ccc(NS(=O)(=O)c3ccc(C)cc3)cc2)cc1. The third-order valence-electron chi connectivity index (χ3n) is 4.41. The van der Waals surface area contributed by atoms with Gasteiger partial charge in [-0.25, -0.2) is 8.42 Å². The first kappa shape index (κ1) is 22.0. The summed E-state index contributed by atoms with van der Waals surface area (Å²) in [7, 11) is -3.70. The highest BCUT2D eigenvalue weighted by atomic mass is 32.2. The van der Waals surface area contributed by atoms with Gasteiger partial charge in [-0.3, -0.25) is 14.3 Å². The number of carbonyl (C=O) groups is 2. The van der Waals surface area contributed by atoms with Gasteiger partial charge in [-0.05, 0) is 67.1 Å². The van der Waals surface area contributed by atoms with E-state index in [9.17, 15) is 18.0 Å². The number of rotatable bonds is 7. The molecular formula is C24H22N2O4S. The number of aryl methyl sites for hydroxylation is 1. The molecule has 0 atom stereocenters. The van der Waals surface area contributed by atoms with Crippen molar-refractivity contribution in [2.45, 2.75) is 18.7 Å². The zero-order valence-electron chi connectivity index (χ0n) is 17.1. The molecule has 0 radical (unpaired) electrons. The zero-order valence-corrected chi connectivity index (χ0v) is 17.9. The van der Waals surface area contributed by atoms with Gasteiger partial charge in [0.2, 0.25) is 5.91 Å². The summed E-state index contributed by atoms with van der Waals surface area (Å²) in [5, 5.41) is 2.68. The topological polar surface area (TPSA) is 92.3 Å². The molecule has 3 aromatic rings.